The number of ketones is 1. The fourth-order valence-corrected chi connectivity index (χ4v) is 5.74. The van der Waals surface area contributed by atoms with Crippen LogP contribution in [-0.2, 0) is 24.9 Å². The number of nitrogens with zero attached hydrogens (tertiary/aromatic N) is 1. The number of aliphatic hydroxyl groups excluding tert-OH is 1. The van der Waals surface area contributed by atoms with Crippen molar-refractivity contribution in [2.24, 2.45) is 22.7 Å². The maximum Gasteiger partial charge on any atom is 0.164 e. The monoisotopic (exact) mass is 749 g/mol. The van der Waals surface area contributed by atoms with Gasteiger partial charge in [0, 0.05) is 43.2 Å². The van der Waals surface area contributed by atoms with Gasteiger partial charge in [-0.3, -0.25) is 4.79 Å². The largest absolute Gasteiger partial charge is 0.512 e. The summed E-state index contributed by atoms with van der Waals surface area (Å²) in [6, 6.07) is 16.6. The summed E-state index contributed by atoms with van der Waals surface area (Å²) < 4.78 is 0. The summed E-state index contributed by atoms with van der Waals surface area (Å²) in [6.45, 7) is 25.1. The molecule has 0 aliphatic heterocycles. The van der Waals surface area contributed by atoms with Crippen molar-refractivity contribution < 1.29 is 30.0 Å². The molecule has 0 saturated heterocycles. The van der Waals surface area contributed by atoms with Crippen LogP contribution in [0.5, 0.6) is 0 Å². The molecule has 3 nitrogen and oxygen atoms in total. The second kappa shape index (κ2) is 16.0. The van der Waals surface area contributed by atoms with E-state index in [0.717, 1.165) is 36.1 Å². The molecule has 1 radical (unpaired) electrons. The molecule has 1 aromatic heterocycles. The normalized spacial score (nSPS) is 13.0. The molecule has 1 atom stereocenters. The quantitative estimate of drug-likeness (QED) is 0.128. The molecule has 2 aromatic carbocycles. The molecule has 3 rings (SSSR count). The number of rotatable bonds is 10. The van der Waals surface area contributed by atoms with E-state index in [1.54, 1.807) is 0 Å². The van der Waals surface area contributed by atoms with Gasteiger partial charge < -0.3 is 10.1 Å². The Morgan fingerprint density at radius 3 is 2.07 bits per heavy atom. The molecule has 1 unspecified atom stereocenters. The maximum absolute atomic E-state index is 12.3. The van der Waals surface area contributed by atoms with Crippen LogP contribution in [0.2, 0.25) is 0 Å². The number of aryl methyl sites for hydroxylation is 2. The molecule has 0 bridgehead atoms. The molecule has 1 N–H and O–H groups in total. The van der Waals surface area contributed by atoms with Crippen LogP contribution in [0.15, 0.2) is 54.4 Å². The van der Waals surface area contributed by atoms with E-state index in [2.05, 4.69) is 103 Å². The second-order valence-corrected chi connectivity index (χ2v) is 14.1. The summed E-state index contributed by atoms with van der Waals surface area (Å²) in [5.41, 5.74) is 5.18. The number of allylic oxidation sites excluding steroid dienone is 2. The van der Waals surface area contributed by atoms with Crippen LogP contribution >= 0.6 is 0 Å². The number of carbonyl (C=O) groups excluding carboxylic acids is 1. The van der Waals surface area contributed by atoms with Gasteiger partial charge in [-0.15, -0.1) is 34.9 Å². The van der Waals surface area contributed by atoms with Crippen molar-refractivity contribution in [1.29, 1.82) is 0 Å². The minimum atomic E-state index is -0.407. The van der Waals surface area contributed by atoms with E-state index in [1.807, 2.05) is 33.9 Å². The second-order valence-electron chi connectivity index (χ2n) is 14.1. The SMILES string of the molecule is CC(C)CC(C)(C)C(=O)/C=C(\O)C(C)(C)CC(C)C.CCC(C)c1ccc2c(-c3[c-]c(C)cc(C)c3)nccc2c1.[Ir]. The van der Waals surface area contributed by atoms with Crippen LogP contribution in [0, 0.1) is 42.6 Å². The molecule has 0 aliphatic rings. The smallest absolute Gasteiger partial charge is 0.164 e. The van der Waals surface area contributed by atoms with Crippen molar-refractivity contribution >= 4 is 16.6 Å². The van der Waals surface area contributed by atoms with Gasteiger partial charge in [0.15, 0.2) is 5.78 Å². The molecule has 1 heterocycles. The molecule has 0 aliphatic carbocycles. The number of hydrogen-bond acceptors (Lipinski definition) is 3. The summed E-state index contributed by atoms with van der Waals surface area (Å²) in [4.78, 5) is 16.9. The summed E-state index contributed by atoms with van der Waals surface area (Å²) in [5, 5.41) is 12.7. The third kappa shape index (κ3) is 10.8. The molecule has 0 fully saturated rings. The molecule has 3 aromatic rings. The zero-order valence-electron chi connectivity index (χ0n) is 28.1. The zero-order valence-corrected chi connectivity index (χ0v) is 30.5. The summed E-state index contributed by atoms with van der Waals surface area (Å²) in [7, 11) is 0. The maximum atomic E-state index is 12.3. The van der Waals surface area contributed by atoms with Gasteiger partial charge in [-0.2, -0.15) is 0 Å². The average Bonchev–Trinajstić information content (AvgIpc) is 2.85. The van der Waals surface area contributed by atoms with E-state index < -0.39 is 5.41 Å². The molecule has 0 amide bonds. The van der Waals surface area contributed by atoms with Gasteiger partial charge in [-0.1, -0.05) is 101 Å². The Labute approximate surface area is 270 Å². The first kappa shape index (κ1) is 37.7. The number of hydrogen-bond donors (Lipinski definition) is 1. The fourth-order valence-electron chi connectivity index (χ4n) is 5.74. The van der Waals surface area contributed by atoms with Gasteiger partial charge in [0.2, 0.25) is 0 Å². The van der Waals surface area contributed by atoms with Gasteiger partial charge in [-0.25, -0.2) is 0 Å². The van der Waals surface area contributed by atoms with Crippen LogP contribution in [0.25, 0.3) is 22.0 Å². The van der Waals surface area contributed by atoms with Gasteiger partial charge in [-0.05, 0) is 65.1 Å². The van der Waals surface area contributed by atoms with E-state index in [0.29, 0.717) is 17.8 Å². The molecule has 4 heteroatoms. The van der Waals surface area contributed by atoms with E-state index in [1.165, 1.54) is 28.0 Å². The Morgan fingerprint density at radius 1 is 0.929 bits per heavy atom. The standard InChI is InChI=1S/C21H22N.C17H32O2.Ir/c1-5-16(4)17-6-7-20-18(13-17)8-9-22-21(20)19-11-14(2)10-15(3)12-19;1-12(2)10-16(5,6)14(18)9-15(19)17(7,8)11-13(3)4;/h6-11,13,16H,5H2,1-4H3;9,12-13,18H,10-11H2,1-8H3;/q-1;;/b;14-9-;. The minimum absolute atomic E-state index is 0. The Balaban J connectivity index is 0.000000416. The molecular formula is C38H54IrNO2-. The van der Waals surface area contributed by atoms with Crippen molar-refractivity contribution in [3.63, 3.8) is 0 Å². The van der Waals surface area contributed by atoms with E-state index >= 15 is 0 Å². The third-order valence-electron chi connectivity index (χ3n) is 7.84. The van der Waals surface area contributed by atoms with Gasteiger partial charge >= 0.3 is 0 Å². The number of carbonyl (C=O) groups is 1. The van der Waals surface area contributed by atoms with E-state index in [9.17, 15) is 9.90 Å². The molecule has 233 valence electrons. The van der Waals surface area contributed by atoms with Crippen molar-refractivity contribution in [2.45, 2.75) is 108 Å². The van der Waals surface area contributed by atoms with Gasteiger partial charge in [0.1, 0.15) is 5.76 Å². The zero-order chi connectivity index (χ0) is 31.1. The first-order valence-electron chi connectivity index (χ1n) is 15.3. The summed E-state index contributed by atoms with van der Waals surface area (Å²) in [5.74, 6) is 1.79. The Bertz CT molecular complexity index is 1330. The van der Waals surface area contributed by atoms with E-state index in [4.69, 9.17) is 0 Å². The van der Waals surface area contributed by atoms with Crippen LogP contribution in [0.3, 0.4) is 0 Å². The van der Waals surface area contributed by atoms with Gasteiger partial charge in [0.05, 0.1) is 0 Å². The molecule has 0 saturated carbocycles. The predicted molar refractivity (Wildman–Crippen MR) is 176 cm³/mol. The number of pyridine rings is 1. The predicted octanol–water partition coefficient (Wildman–Crippen LogP) is 11.0. The van der Waals surface area contributed by atoms with Crippen molar-refractivity contribution in [2.75, 3.05) is 0 Å². The number of benzene rings is 2. The van der Waals surface area contributed by atoms with Crippen molar-refractivity contribution in [3.8, 4) is 11.3 Å². The summed E-state index contributed by atoms with van der Waals surface area (Å²) >= 11 is 0. The van der Waals surface area contributed by atoms with Gasteiger partial charge in [0.25, 0.3) is 0 Å². The summed E-state index contributed by atoms with van der Waals surface area (Å²) in [6.07, 6.45) is 6.22. The third-order valence-corrected chi connectivity index (χ3v) is 7.84. The van der Waals surface area contributed by atoms with E-state index in [-0.39, 0.29) is 37.1 Å². The van der Waals surface area contributed by atoms with Crippen LogP contribution in [0.4, 0.5) is 0 Å². The minimum Gasteiger partial charge on any atom is -0.512 e. The first-order valence-corrected chi connectivity index (χ1v) is 15.3. The molecule has 0 spiro atoms. The Kier molecular flexibility index (Phi) is 14.3. The Hall–Kier alpha value is -2.29. The van der Waals surface area contributed by atoms with Crippen molar-refractivity contribution in [3.05, 3.63) is 77.2 Å². The number of aliphatic hydroxyl groups is 1. The first-order chi connectivity index (χ1) is 19.0. The molecule has 42 heavy (non-hydrogen) atoms. The topological polar surface area (TPSA) is 50.2 Å². The fraction of sp³-hybridized carbons (Fsp3) is 0.526. The van der Waals surface area contributed by atoms with Crippen LogP contribution < -0.4 is 0 Å². The number of fused-ring (bicyclic) bond motifs is 1. The van der Waals surface area contributed by atoms with Crippen LogP contribution in [0.1, 0.15) is 111 Å². The number of aromatic nitrogens is 1. The Morgan fingerprint density at radius 2 is 1.52 bits per heavy atom. The van der Waals surface area contributed by atoms with Crippen molar-refractivity contribution in [1.82, 2.24) is 4.98 Å². The van der Waals surface area contributed by atoms with Crippen LogP contribution in [-0.4, -0.2) is 15.9 Å². The molecular weight excluding hydrogens is 695 g/mol. The average molecular weight is 749 g/mol.